The number of Topliss-reactive ketones (excluding diaryl/α,β-unsaturated/α-hetero) is 1. The number of ketones is 1. The number of anilines is 1. The number of halogens is 1. The lowest BCUT2D eigenvalue weighted by Gasteiger charge is -2.31. The molecule has 7 nitrogen and oxygen atoms in total. The smallest absolute Gasteiger partial charge is 0.200 e. The Labute approximate surface area is 137 Å². The van der Waals surface area contributed by atoms with Crippen LogP contribution < -0.4 is 4.90 Å². The van der Waals surface area contributed by atoms with Gasteiger partial charge in [0.25, 0.3) is 0 Å². The Balaban J connectivity index is 1.44. The number of rotatable bonds is 3. The topological polar surface area (TPSA) is 76.3 Å². The maximum atomic E-state index is 13.0. The monoisotopic (exact) mass is 326 g/mol. The molecule has 0 N–H and O–H groups in total. The normalized spacial score (nSPS) is 15.8. The fraction of sp³-hybridized carbons (Fsp3) is 0.312. The number of piperidine rings is 1. The van der Waals surface area contributed by atoms with Gasteiger partial charge in [-0.1, -0.05) is 0 Å². The van der Waals surface area contributed by atoms with E-state index in [1.165, 1.54) is 16.8 Å². The summed E-state index contributed by atoms with van der Waals surface area (Å²) in [4.78, 5) is 14.6. The fourth-order valence-electron chi connectivity index (χ4n) is 3.03. The number of hydrogen-bond donors (Lipinski definition) is 0. The minimum atomic E-state index is -0.328. The molecule has 0 radical (unpaired) electrons. The third-order valence-corrected chi connectivity index (χ3v) is 4.37. The predicted molar refractivity (Wildman–Crippen MR) is 84.2 cm³/mol. The third kappa shape index (κ3) is 2.70. The predicted octanol–water partition coefficient (Wildman–Crippen LogP) is 1.76. The number of aromatic nitrogens is 5. The molecule has 4 rings (SSSR count). The second-order valence-electron chi connectivity index (χ2n) is 5.85. The van der Waals surface area contributed by atoms with Crippen molar-refractivity contribution in [3.63, 3.8) is 0 Å². The molecule has 0 spiro atoms. The highest BCUT2D eigenvalue weighted by Gasteiger charge is 2.26. The molecule has 0 atom stereocenters. The Morgan fingerprint density at radius 1 is 1.08 bits per heavy atom. The van der Waals surface area contributed by atoms with Gasteiger partial charge < -0.3 is 4.90 Å². The largest absolute Gasteiger partial charge is 0.355 e. The summed E-state index contributed by atoms with van der Waals surface area (Å²) in [6.07, 6.45) is 1.48. The van der Waals surface area contributed by atoms with E-state index in [0.29, 0.717) is 11.2 Å². The van der Waals surface area contributed by atoms with Crippen molar-refractivity contribution in [1.82, 2.24) is 25.3 Å². The zero-order chi connectivity index (χ0) is 16.5. The number of benzene rings is 1. The average Bonchev–Trinajstić information content (AvgIpc) is 3.09. The van der Waals surface area contributed by atoms with Gasteiger partial charge in [-0.25, -0.2) is 4.39 Å². The lowest BCUT2D eigenvalue weighted by atomic mass is 9.89. The SMILES string of the molecule is O=C(c1ccc(F)cc1)C1CCN(c2ccc3nnnn3n2)CC1. The van der Waals surface area contributed by atoms with Crippen molar-refractivity contribution in [2.45, 2.75) is 12.8 Å². The lowest BCUT2D eigenvalue weighted by Crippen LogP contribution is -2.37. The molecule has 1 aliphatic heterocycles. The highest BCUT2D eigenvalue weighted by Crippen LogP contribution is 2.24. The van der Waals surface area contributed by atoms with E-state index in [0.717, 1.165) is 31.7 Å². The van der Waals surface area contributed by atoms with E-state index in [1.54, 1.807) is 12.1 Å². The number of fused-ring (bicyclic) bond motifs is 1. The van der Waals surface area contributed by atoms with Gasteiger partial charge in [0, 0.05) is 24.6 Å². The highest BCUT2D eigenvalue weighted by atomic mass is 19.1. The van der Waals surface area contributed by atoms with Gasteiger partial charge in [-0.2, -0.15) is 0 Å². The van der Waals surface area contributed by atoms with Crippen LogP contribution in [0, 0.1) is 11.7 Å². The van der Waals surface area contributed by atoms with E-state index >= 15 is 0 Å². The van der Waals surface area contributed by atoms with Crippen LogP contribution in [0.1, 0.15) is 23.2 Å². The van der Waals surface area contributed by atoms with Crippen molar-refractivity contribution in [2.75, 3.05) is 18.0 Å². The summed E-state index contributed by atoms with van der Waals surface area (Å²) in [5.74, 6) is 0.509. The van der Waals surface area contributed by atoms with E-state index in [9.17, 15) is 9.18 Å². The molecule has 24 heavy (non-hydrogen) atoms. The molecule has 1 fully saturated rings. The molecule has 1 aliphatic rings. The minimum Gasteiger partial charge on any atom is -0.355 e. The average molecular weight is 326 g/mol. The van der Waals surface area contributed by atoms with Gasteiger partial charge in [0.1, 0.15) is 5.82 Å². The van der Waals surface area contributed by atoms with Gasteiger partial charge in [0.15, 0.2) is 17.2 Å². The summed E-state index contributed by atoms with van der Waals surface area (Å²) in [5.41, 5.74) is 1.17. The summed E-state index contributed by atoms with van der Waals surface area (Å²) in [6.45, 7) is 1.47. The Hall–Kier alpha value is -2.90. The number of carbonyl (C=O) groups is 1. The van der Waals surface area contributed by atoms with Crippen molar-refractivity contribution >= 4 is 17.2 Å². The lowest BCUT2D eigenvalue weighted by molar-refractivity contribution is 0.0900. The number of tetrazole rings is 1. The number of carbonyl (C=O) groups excluding carboxylic acids is 1. The Bertz CT molecular complexity index is 870. The second kappa shape index (κ2) is 5.95. The molecule has 0 aliphatic carbocycles. The van der Waals surface area contributed by atoms with Crippen LogP contribution in [-0.4, -0.2) is 44.1 Å². The van der Waals surface area contributed by atoms with Crippen molar-refractivity contribution in [3.05, 3.63) is 47.8 Å². The maximum Gasteiger partial charge on any atom is 0.200 e. The van der Waals surface area contributed by atoms with Crippen LogP contribution in [0.15, 0.2) is 36.4 Å². The van der Waals surface area contributed by atoms with Crippen molar-refractivity contribution < 1.29 is 9.18 Å². The first-order valence-electron chi connectivity index (χ1n) is 7.81. The van der Waals surface area contributed by atoms with Crippen LogP contribution in [0.3, 0.4) is 0 Å². The zero-order valence-corrected chi connectivity index (χ0v) is 12.8. The molecule has 8 heteroatoms. The molecule has 0 amide bonds. The third-order valence-electron chi connectivity index (χ3n) is 4.37. The molecule has 2 aromatic heterocycles. The number of nitrogens with zero attached hydrogens (tertiary/aromatic N) is 6. The summed E-state index contributed by atoms with van der Waals surface area (Å²) >= 11 is 0. The number of hydrogen-bond acceptors (Lipinski definition) is 6. The van der Waals surface area contributed by atoms with E-state index in [4.69, 9.17) is 0 Å². The van der Waals surface area contributed by atoms with Gasteiger partial charge >= 0.3 is 0 Å². The molecule has 3 heterocycles. The first-order valence-corrected chi connectivity index (χ1v) is 7.81. The summed E-state index contributed by atoms with van der Waals surface area (Å²) in [5, 5.41) is 15.6. The van der Waals surface area contributed by atoms with Crippen molar-refractivity contribution in [2.24, 2.45) is 5.92 Å². The van der Waals surface area contributed by atoms with Crippen LogP contribution >= 0.6 is 0 Å². The minimum absolute atomic E-state index is 0.0384. The molecule has 1 saturated heterocycles. The van der Waals surface area contributed by atoms with Crippen LogP contribution in [0.25, 0.3) is 5.65 Å². The van der Waals surface area contributed by atoms with Gasteiger partial charge in [-0.05, 0) is 59.7 Å². The van der Waals surface area contributed by atoms with E-state index in [2.05, 4.69) is 25.5 Å². The zero-order valence-electron chi connectivity index (χ0n) is 12.8. The molecule has 0 saturated carbocycles. The van der Waals surface area contributed by atoms with Crippen molar-refractivity contribution in [3.8, 4) is 0 Å². The van der Waals surface area contributed by atoms with Crippen LogP contribution in [0.5, 0.6) is 0 Å². The Morgan fingerprint density at radius 3 is 2.58 bits per heavy atom. The first-order chi connectivity index (χ1) is 11.7. The fourth-order valence-corrected chi connectivity index (χ4v) is 3.03. The van der Waals surface area contributed by atoms with Gasteiger partial charge in [-0.15, -0.1) is 14.8 Å². The summed E-state index contributed by atoms with van der Waals surface area (Å²) < 4.78 is 14.4. The molecule has 122 valence electrons. The first kappa shape index (κ1) is 14.7. The quantitative estimate of drug-likeness (QED) is 0.683. The van der Waals surface area contributed by atoms with E-state index in [-0.39, 0.29) is 17.5 Å². The highest BCUT2D eigenvalue weighted by molar-refractivity contribution is 5.97. The molecule has 0 unspecified atom stereocenters. The molecule has 1 aromatic carbocycles. The van der Waals surface area contributed by atoms with Crippen LogP contribution in [0.4, 0.5) is 10.2 Å². The summed E-state index contributed by atoms with van der Waals surface area (Å²) in [7, 11) is 0. The van der Waals surface area contributed by atoms with Crippen molar-refractivity contribution in [1.29, 1.82) is 0 Å². The van der Waals surface area contributed by atoms with E-state index in [1.807, 2.05) is 12.1 Å². The maximum absolute atomic E-state index is 13.0. The van der Waals surface area contributed by atoms with Crippen LogP contribution in [0.2, 0.25) is 0 Å². The standard InChI is InChI=1S/C16H15FN6O/c17-13-3-1-11(2-4-13)16(24)12-7-9-22(10-8-12)15-6-5-14-18-20-21-23(14)19-15/h1-6,12H,7-10H2. The Morgan fingerprint density at radius 2 is 1.83 bits per heavy atom. The molecular weight excluding hydrogens is 311 g/mol. The Kier molecular flexibility index (Phi) is 3.64. The molecular formula is C16H15FN6O. The van der Waals surface area contributed by atoms with Gasteiger partial charge in [-0.3, -0.25) is 4.79 Å². The second-order valence-corrected chi connectivity index (χ2v) is 5.85. The molecule has 3 aromatic rings. The van der Waals surface area contributed by atoms with Crippen LogP contribution in [-0.2, 0) is 0 Å². The van der Waals surface area contributed by atoms with E-state index < -0.39 is 0 Å². The molecule has 0 bridgehead atoms. The summed E-state index contributed by atoms with van der Waals surface area (Å²) in [6, 6.07) is 9.46. The van der Waals surface area contributed by atoms with Gasteiger partial charge in [0.2, 0.25) is 0 Å². The van der Waals surface area contributed by atoms with Gasteiger partial charge in [0.05, 0.1) is 0 Å².